The normalized spacial score (nSPS) is 16.0. The van der Waals surface area contributed by atoms with Gasteiger partial charge in [-0.1, -0.05) is 37.8 Å². The van der Waals surface area contributed by atoms with Crippen LogP contribution in [0.5, 0.6) is 17.2 Å². The molecule has 4 rings (SSSR count). The molecule has 1 unspecified atom stereocenters. The van der Waals surface area contributed by atoms with Crippen LogP contribution in [-0.2, 0) is 14.3 Å². The minimum Gasteiger partial charge on any atom is -0.507 e. The maximum Gasteiger partial charge on any atom is 0.350 e. The average molecular weight is 593 g/mol. The van der Waals surface area contributed by atoms with Crippen LogP contribution in [0.1, 0.15) is 46.4 Å². The number of aliphatic hydroxyl groups excluding tert-OH is 1. The first kappa shape index (κ1) is 30.3. The van der Waals surface area contributed by atoms with Gasteiger partial charge in [0.15, 0.2) is 5.13 Å². The second-order valence-electron chi connectivity index (χ2n) is 9.80. The summed E-state index contributed by atoms with van der Waals surface area (Å²) in [6.07, 6.45) is 1.44. The molecule has 1 aromatic heterocycles. The van der Waals surface area contributed by atoms with Crippen LogP contribution in [0.3, 0.4) is 0 Å². The van der Waals surface area contributed by atoms with Gasteiger partial charge in [0.25, 0.3) is 5.78 Å². The highest BCUT2D eigenvalue weighted by Crippen LogP contribution is 2.47. The SMILES string of the molecule is C=CCOC(=O)c1sc(N2C(=O)C(=O)/C(=C(/O)c3ccc(OCC(C)C)cc3)C2c2ccc(OC)cc2OC)nc1C. The summed E-state index contributed by atoms with van der Waals surface area (Å²) in [6.45, 7) is 9.73. The summed E-state index contributed by atoms with van der Waals surface area (Å²) in [6, 6.07) is 10.4. The number of carbonyl (C=O) groups is 3. The third-order valence-electron chi connectivity index (χ3n) is 6.40. The number of amides is 1. The van der Waals surface area contributed by atoms with E-state index in [9.17, 15) is 19.5 Å². The number of Topliss-reactive ketones (excluding diaryl/α,β-unsaturated/α-hetero) is 1. The molecule has 1 N–H and O–H groups in total. The average Bonchev–Trinajstić information content (AvgIpc) is 3.50. The molecule has 1 aliphatic rings. The number of hydrogen-bond acceptors (Lipinski definition) is 10. The third kappa shape index (κ3) is 6.01. The molecule has 0 saturated carbocycles. The van der Waals surface area contributed by atoms with Gasteiger partial charge in [0.2, 0.25) is 0 Å². The number of rotatable bonds is 11. The van der Waals surface area contributed by atoms with E-state index in [2.05, 4.69) is 11.6 Å². The van der Waals surface area contributed by atoms with Gasteiger partial charge in [-0.25, -0.2) is 9.78 Å². The molecule has 2 heterocycles. The van der Waals surface area contributed by atoms with Gasteiger partial charge in [0.1, 0.15) is 40.5 Å². The van der Waals surface area contributed by atoms with Gasteiger partial charge in [0.05, 0.1) is 32.1 Å². The van der Waals surface area contributed by atoms with Gasteiger partial charge in [-0.3, -0.25) is 14.5 Å². The highest BCUT2D eigenvalue weighted by atomic mass is 32.1. The molecule has 0 spiro atoms. The number of hydrogen-bond donors (Lipinski definition) is 1. The Morgan fingerprint density at radius 3 is 2.43 bits per heavy atom. The van der Waals surface area contributed by atoms with Crippen molar-refractivity contribution in [1.29, 1.82) is 0 Å². The fourth-order valence-electron chi connectivity index (χ4n) is 4.37. The van der Waals surface area contributed by atoms with E-state index in [0.717, 1.165) is 11.3 Å². The molecule has 1 saturated heterocycles. The van der Waals surface area contributed by atoms with E-state index in [0.29, 0.717) is 46.6 Å². The van der Waals surface area contributed by atoms with Crippen molar-refractivity contribution in [3.63, 3.8) is 0 Å². The third-order valence-corrected chi connectivity index (χ3v) is 7.54. The molecule has 220 valence electrons. The van der Waals surface area contributed by atoms with Crippen LogP contribution in [0.4, 0.5) is 5.13 Å². The Labute approximate surface area is 247 Å². The predicted molar refractivity (Wildman–Crippen MR) is 158 cm³/mol. The molecule has 1 fully saturated rings. The monoisotopic (exact) mass is 592 g/mol. The lowest BCUT2D eigenvalue weighted by Gasteiger charge is -2.24. The van der Waals surface area contributed by atoms with Crippen molar-refractivity contribution in [2.24, 2.45) is 5.92 Å². The number of carbonyl (C=O) groups excluding carboxylic acids is 3. The predicted octanol–water partition coefficient (Wildman–Crippen LogP) is 5.47. The number of thiazole rings is 1. The summed E-state index contributed by atoms with van der Waals surface area (Å²) >= 11 is 0.907. The van der Waals surface area contributed by atoms with Crippen LogP contribution in [0.25, 0.3) is 5.76 Å². The molecule has 10 nitrogen and oxygen atoms in total. The molecule has 1 atom stereocenters. The molecular formula is C31H32N2O8S. The molecule has 0 aliphatic carbocycles. The van der Waals surface area contributed by atoms with Crippen molar-refractivity contribution in [2.75, 3.05) is 32.3 Å². The second kappa shape index (κ2) is 12.9. The first-order valence-electron chi connectivity index (χ1n) is 13.1. The molecule has 3 aromatic rings. The first-order valence-corrected chi connectivity index (χ1v) is 13.9. The molecule has 11 heteroatoms. The van der Waals surface area contributed by atoms with E-state index in [1.165, 1.54) is 25.2 Å². The van der Waals surface area contributed by atoms with E-state index >= 15 is 0 Å². The van der Waals surface area contributed by atoms with Crippen molar-refractivity contribution >= 4 is 39.9 Å². The number of ketones is 1. The number of aromatic nitrogens is 1. The second-order valence-corrected chi connectivity index (χ2v) is 10.8. The van der Waals surface area contributed by atoms with Crippen LogP contribution in [0.15, 0.2) is 60.7 Å². The number of aliphatic hydroxyl groups is 1. The summed E-state index contributed by atoms with van der Waals surface area (Å²) < 4.78 is 21.8. The maximum absolute atomic E-state index is 13.6. The summed E-state index contributed by atoms with van der Waals surface area (Å²) in [7, 11) is 2.95. The topological polar surface area (TPSA) is 124 Å². The zero-order chi connectivity index (χ0) is 30.6. The highest BCUT2D eigenvalue weighted by Gasteiger charge is 2.49. The molecule has 2 aromatic carbocycles. The number of aryl methyl sites for hydroxylation is 1. The smallest absolute Gasteiger partial charge is 0.350 e. The van der Waals surface area contributed by atoms with Crippen LogP contribution < -0.4 is 19.1 Å². The fourth-order valence-corrected chi connectivity index (χ4v) is 5.36. The van der Waals surface area contributed by atoms with E-state index in [1.807, 2.05) is 13.8 Å². The minimum atomic E-state index is -1.13. The Kier molecular flexibility index (Phi) is 9.31. The summed E-state index contributed by atoms with van der Waals surface area (Å²) in [5.41, 5.74) is 0.873. The Hall–Kier alpha value is -4.64. The summed E-state index contributed by atoms with van der Waals surface area (Å²) in [5, 5.41) is 11.6. The van der Waals surface area contributed by atoms with Crippen molar-refractivity contribution in [2.45, 2.75) is 26.8 Å². The zero-order valence-corrected chi connectivity index (χ0v) is 24.8. The Morgan fingerprint density at radius 2 is 1.81 bits per heavy atom. The lowest BCUT2D eigenvalue weighted by Crippen LogP contribution is -2.29. The van der Waals surface area contributed by atoms with Crippen LogP contribution in [0, 0.1) is 12.8 Å². The number of ether oxygens (including phenoxy) is 4. The molecule has 0 bridgehead atoms. The quantitative estimate of drug-likeness (QED) is 0.101. The number of nitrogens with zero attached hydrogens (tertiary/aromatic N) is 2. The number of esters is 1. The van der Waals surface area contributed by atoms with Gasteiger partial charge in [0, 0.05) is 17.2 Å². The molecule has 42 heavy (non-hydrogen) atoms. The standard InChI is InChI=1S/C31H32N2O8S/c1-7-14-40-30(37)28-18(4)32-31(42-28)33-25(22-13-12-21(38-5)15-23(22)39-6)24(27(35)29(33)36)26(34)19-8-10-20(11-9-19)41-16-17(2)3/h7-13,15,17,25,34H,1,14,16H2,2-6H3/b26-24+. The Bertz CT molecular complexity index is 1540. The summed E-state index contributed by atoms with van der Waals surface area (Å²) in [5.74, 6) is -1.12. The van der Waals surface area contributed by atoms with Gasteiger partial charge < -0.3 is 24.1 Å². The number of methoxy groups -OCH3 is 2. The summed E-state index contributed by atoms with van der Waals surface area (Å²) in [4.78, 5) is 45.6. The number of benzene rings is 2. The van der Waals surface area contributed by atoms with Crippen molar-refractivity contribution < 1.29 is 38.4 Å². The maximum atomic E-state index is 13.6. The van der Waals surface area contributed by atoms with E-state index < -0.39 is 23.7 Å². The zero-order valence-electron chi connectivity index (χ0n) is 24.0. The van der Waals surface area contributed by atoms with Crippen molar-refractivity contribution in [1.82, 2.24) is 4.98 Å². The fraction of sp³-hybridized carbons (Fsp3) is 0.290. The van der Waals surface area contributed by atoms with Gasteiger partial charge in [-0.15, -0.1) is 0 Å². The van der Waals surface area contributed by atoms with Gasteiger partial charge in [-0.05, 0) is 49.2 Å². The number of anilines is 1. The van der Waals surface area contributed by atoms with Crippen molar-refractivity contribution in [3.8, 4) is 17.2 Å². The Morgan fingerprint density at radius 1 is 1.12 bits per heavy atom. The van der Waals surface area contributed by atoms with Gasteiger partial charge >= 0.3 is 11.9 Å². The first-order chi connectivity index (χ1) is 20.1. The largest absolute Gasteiger partial charge is 0.507 e. The lowest BCUT2D eigenvalue weighted by atomic mass is 9.94. The molecule has 0 radical (unpaired) electrons. The van der Waals surface area contributed by atoms with Crippen LogP contribution >= 0.6 is 11.3 Å². The molecule has 1 aliphatic heterocycles. The molecular weight excluding hydrogens is 560 g/mol. The van der Waals surface area contributed by atoms with Crippen LogP contribution in [0.2, 0.25) is 0 Å². The Balaban J connectivity index is 1.87. The molecule has 1 amide bonds. The van der Waals surface area contributed by atoms with Crippen molar-refractivity contribution in [3.05, 3.63) is 82.4 Å². The minimum absolute atomic E-state index is 0.000365. The van der Waals surface area contributed by atoms with E-state index in [4.69, 9.17) is 18.9 Å². The van der Waals surface area contributed by atoms with Crippen LogP contribution in [-0.4, -0.2) is 55.2 Å². The lowest BCUT2D eigenvalue weighted by molar-refractivity contribution is -0.132. The van der Waals surface area contributed by atoms with Gasteiger partial charge in [-0.2, -0.15) is 0 Å². The highest BCUT2D eigenvalue weighted by molar-refractivity contribution is 7.17. The van der Waals surface area contributed by atoms with E-state index in [-0.39, 0.29) is 27.9 Å². The van der Waals surface area contributed by atoms with E-state index in [1.54, 1.807) is 49.4 Å².